The molecule has 0 aromatic rings. The molecule has 0 radical (unpaired) electrons. The summed E-state index contributed by atoms with van der Waals surface area (Å²) in [6.07, 6.45) is 3.95. The van der Waals surface area contributed by atoms with Gasteiger partial charge < -0.3 is 5.73 Å². The van der Waals surface area contributed by atoms with Crippen LogP contribution >= 0.6 is 0 Å². The lowest BCUT2D eigenvalue weighted by atomic mass is 9.79. The molecule has 0 spiro atoms. The predicted molar refractivity (Wildman–Crippen MR) is 56.1 cm³/mol. The van der Waals surface area contributed by atoms with Crippen LogP contribution in [0.5, 0.6) is 0 Å². The Kier molecular flexibility index (Phi) is 4.84. The molecule has 0 fully saturated rings. The van der Waals surface area contributed by atoms with Crippen molar-refractivity contribution in [3.8, 4) is 0 Å². The van der Waals surface area contributed by atoms with Crippen molar-refractivity contribution >= 4 is 0 Å². The van der Waals surface area contributed by atoms with E-state index < -0.39 is 0 Å². The number of unbranched alkanes of at least 4 members (excludes halogenated alkanes) is 1. The molecule has 0 unspecified atom stereocenters. The van der Waals surface area contributed by atoms with Crippen LogP contribution in [0.25, 0.3) is 0 Å². The fourth-order valence-corrected chi connectivity index (χ4v) is 1.51. The van der Waals surface area contributed by atoms with E-state index in [1.54, 1.807) is 0 Å². The second-order valence-electron chi connectivity index (χ2n) is 4.73. The van der Waals surface area contributed by atoms with Crippen LogP contribution in [-0.2, 0) is 0 Å². The minimum Gasteiger partial charge on any atom is -0.325 e. The van der Waals surface area contributed by atoms with Crippen molar-refractivity contribution < 1.29 is 0 Å². The van der Waals surface area contributed by atoms with Gasteiger partial charge in [-0.2, -0.15) is 0 Å². The lowest BCUT2D eigenvalue weighted by Crippen LogP contribution is -2.42. The molecule has 0 rings (SSSR count). The monoisotopic (exact) mass is 171 g/mol. The summed E-state index contributed by atoms with van der Waals surface area (Å²) in [6.45, 7) is 11.1. The van der Waals surface area contributed by atoms with Gasteiger partial charge in [-0.3, -0.25) is 0 Å². The van der Waals surface area contributed by atoms with Gasteiger partial charge in [0.1, 0.15) is 0 Å². The Hall–Kier alpha value is -0.0400. The van der Waals surface area contributed by atoms with Crippen LogP contribution in [-0.4, -0.2) is 5.54 Å². The fourth-order valence-electron chi connectivity index (χ4n) is 1.51. The Morgan fingerprint density at radius 3 is 2.08 bits per heavy atom. The standard InChI is InChI=1S/C11H25N/c1-6-7-8-9(2)10(3)11(4,5)12/h9-10H,6-8,12H2,1-5H3/t9-,10+/m0/s1. The molecule has 0 aromatic carbocycles. The SMILES string of the molecule is CCCC[C@H](C)[C@@H](C)C(C)(C)N. The second kappa shape index (κ2) is 4.86. The van der Waals surface area contributed by atoms with Crippen molar-refractivity contribution in [2.24, 2.45) is 17.6 Å². The van der Waals surface area contributed by atoms with Gasteiger partial charge >= 0.3 is 0 Å². The van der Waals surface area contributed by atoms with Gasteiger partial charge in [-0.1, -0.05) is 40.0 Å². The summed E-state index contributed by atoms with van der Waals surface area (Å²) in [5.41, 5.74) is 6.03. The van der Waals surface area contributed by atoms with E-state index >= 15 is 0 Å². The van der Waals surface area contributed by atoms with Gasteiger partial charge in [-0.05, 0) is 25.7 Å². The molecule has 0 aliphatic heterocycles. The fraction of sp³-hybridized carbons (Fsp3) is 1.00. The Morgan fingerprint density at radius 1 is 1.25 bits per heavy atom. The van der Waals surface area contributed by atoms with Gasteiger partial charge in [0.05, 0.1) is 0 Å². The van der Waals surface area contributed by atoms with Gasteiger partial charge in [0.2, 0.25) is 0 Å². The number of rotatable bonds is 5. The van der Waals surface area contributed by atoms with Crippen molar-refractivity contribution in [3.05, 3.63) is 0 Å². The van der Waals surface area contributed by atoms with E-state index in [2.05, 4.69) is 34.6 Å². The molecule has 1 heteroatoms. The molecular formula is C11H25N. The molecule has 0 saturated carbocycles. The molecule has 0 heterocycles. The molecule has 0 amide bonds. The Bertz CT molecular complexity index is 113. The summed E-state index contributed by atoms with van der Waals surface area (Å²) in [7, 11) is 0. The second-order valence-corrected chi connectivity index (χ2v) is 4.73. The minimum atomic E-state index is -0.0207. The summed E-state index contributed by atoms with van der Waals surface area (Å²) in [4.78, 5) is 0. The van der Waals surface area contributed by atoms with Gasteiger partial charge in [-0.25, -0.2) is 0 Å². The lowest BCUT2D eigenvalue weighted by Gasteiger charge is -2.32. The number of nitrogens with two attached hydrogens (primary N) is 1. The number of hydrogen-bond acceptors (Lipinski definition) is 1. The Labute approximate surface area is 77.7 Å². The molecule has 0 aromatic heterocycles. The van der Waals surface area contributed by atoms with Gasteiger partial charge in [0, 0.05) is 5.54 Å². The third kappa shape index (κ3) is 4.10. The van der Waals surface area contributed by atoms with Crippen LogP contribution in [0.15, 0.2) is 0 Å². The highest BCUT2D eigenvalue weighted by Crippen LogP contribution is 2.25. The highest BCUT2D eigenvalue weighted by atomic mass is 14.7. The van der Waals surface area contributed by atoms with Crippen LogP contribution < -0.4 is 5.73 Å². The van der Waals surface area contributed by atoms with E-state index in [9.17, 15) is 0 Å². The highest BCUT2D eigenvalue weighted by Gasteiger charge is 2.25. The molecule has 1 nitrogen and oxygen atoms in total. The van der Waals surface area contributed by atoms with Crippen molar-refractivity contribution in [3.63, 3.8) is 0 Å². The molecule has 2 atom stereocenters. The van der Waals surface area contributed by atoms with E-state index in [1.165, 1.54) is 19.3 Å². The van der Waals surface area contributed by atoms with Gasteiger partial charge in [0.15, 0.2) is 0 Å². The largest absolute Gasteiger partial charge is 0.325 e. The molecule has 74 valence electrons. The summed E-state index contributed by atoms with van der Waals surface area (Å²) in [5.74, 6) is 1.37. The Morgan fingerprint density at radius 2 is 1.75 bits per heavy atom. The zero-order chi connectivity index (χ0) is 9.78. The smallest absolute Gasteiger partial charge is 0.0125 e. The quantitative estimate of drug-likeness (QED) is 0.675. The first-order valence-corrected chi connectivity index (χ1v) is 5.18. The number of hydrogen-bond donors (Lipinski definition) is 1. The van der Waals surface area contributed by atoms with Crippen LogP contribution in [0.4, 0.5) is 0 Å². The van der Waals surface area contributed by atoms with Crippen LogP contribution in [0.3, 0.4) is 0 Å². The third-order valence-corrected chi connectivity index (χ3v) is 3.04. The van der Waals surface area contributed by atoms with Crippen molar-refractivity contribution in [2.75, 3.05) is 0 Å². The van der Waals surface area contributed by atoms with E-state index in [4.69, 9.17) is 5.73 Å². The molecule has 0 bridgehead atoms. The first-order chi connectivity index (χ1) is 5.39. The van der Waals surface area contributed by atoms with Crippen LogP contribution in [0, 0.1) is 11.8 Å². The third-order valence-electron chi connectivity index (χ3n) is 3.04. The maximum absolute atomic E-state index is 6.05. The van der Waals surface area contributed by atoms with E-state index in [0.29, 0.717) is 5.92 Å². The van der Waals surface area contributed by atoms with E-state index in [0.717, 1.165) is 5.92 Å². The summed E-state index contributed by atoms with van der Waals surface area (Å²) < 4.78 is 0. The normalized spacial score (nSPS) is 17.5. The van der Waals surface area contributed by atoms with Crippen molar-refractivity contribution in [1.29, 1.82) is 0 Å². The molecule has 0 saturated heterocycles. The average Bonchev–Trinajstić information content (AvgIpc) is 1.97. The highest BCUT2D eigenvalue weighted by molar-refractivity contribution is 4.82. The maximum Gasteiger partial charge on any atom is 0.0125 e. The lowest BCUT2D eigenvalue weighted by molar-refractivity contribution is 0.238. The van der Waals surface area contributed by atoms with Crippen LogP contribution in [0.1, 0.15) is 53.9 Å². The Balaban J connectivity index is 3.84. The van der Waals surface area contributed by atoms with E-state index in [-0.39, 0.29) is 5.54 Å². The summed E-state index contributed by atoms with van der Waals surface area (Å²) in [6, 6.07) is 0. The molecule has 0 aliphatic carbocycles. The van der Waals surface area contributed by atoms with Gasteiger partial charge in [0.25, 0.3) is 0 Å². The zero-order valence-corrected chi connectivity index (χ0v) is 9.35. The molecular weight excluding hydrogens is 146 g/mol. The van der Waals surface area contributed by atoms with Gasteiger partial charge in [-0.15, -0.1) is 0 Å². The summed E-state index contributed by atoms with van der Waals surface area (Å²) in [5, 5.41) is 0. The minimum absolute atomic E-state index is 0.0207. The van der Waals surface area contributed by atoms with Crippen molar-refractivity contribution in [2.45, 2.75) is 59.4 Å². The van der Waals surface area contributed by atoms with E-state index in [1.807, 2.05) is 0 Å². The zero-order valence-electron chi connectivity index (χ0n) is 9.35. The molecule has 0 aliphatic rings. The molecule has 2 N–H and O–H groups in total. The van der Waals surface area contributed by atoms with Crippen molar-refractivity contribution in [1.82, 2.24) is 0 Å². The van der Waals surface area contributed by atoms with Crippen LogP contribution in [0.2, 0.25) is 0 Å². The topological polar surface area (TPSA) is 26.0 Å². The summed E-state index contributed by atoms with van der Waals surface area (Å²) >= 11 is 0. The maximum atomic E-state index is 6.05. The average molecular weight is 171 g/mol. The predicted octanol–water partition coefficient (Wildman–Crippen LogP) is 3.19. The molecule has 12 heavy (non-hydrogen) atoms. The first kappa shape index (κ1) is 12.0. The first-order valence-electron chi connectivity index (χ1n) is 5.18.